The minimum atomic E-state index is -1.17. The summed E-state index contributed by atoms with van der Waals surface area (Å²) < 4.78 is 12.5. The van der Waals surface area contributed by atoms with E-state index in [1.165, 1.54) is 18.1 Å². The maximum absolute atomic E-state index is 14.3. The van der Waals surface area contributed by atoms with Crippen LogP contribution in [0.2, 0.25) is 0 Å². The molecule has 0 spiro atoms. The zero-order valence-corrected chi connectivity index (χ0v) is 34.7. The second kappa shape index (κ2) is 14.2. The summed E-state index contributed by atoms with van der Waals surface area (Å²) in [5.74, 6) is -0.350. The molecule has 0 aliphatic heterocycles. The van der Waals surface area contributed by atoms with Crippen LogP contribution in [-0.2, 0) is 35.2 Å². The summed E-state index contributed by atoms with van der Waals surface area (Å²) in [6, 6.07) is 10.3. The summed E-state index contributed by atoms with van der Waals surface area (Å²) in [6.45, 7) is 22.3. The number of allylic oxidation sites excluding steroid dienone is 1. The minimum absolute atomic E-state index is 0.0294. The molecule has 0 bridgehead atoms. The van der Waals surface area contributed by atoms with Gasteiger partial charge in [-0.15, -0.1) is 0 Å². The Hall–Kier alpha value is -3.00. The molecule has 0 heterocycles. The van der Waals surface area contributed by atoms with Gasteiger partial charge in [-0.1, -0.05) is 78.8 Å². The lowest BCUT2D eigenvalue weighted by Gasteiger charge is -2.72. The van der Waals surface area contributed by atoms with Gasteiger partial charge < -0.3 is 19.9 Å². The molecule has 0 radical (unpaired) electrons. The highest BCUT2D eigenvalue weighted by atomic mass is 16.5. The SMILES string of the molecule is CC(=O)O[C@H](CNCc1ccccc1)C12CC[C@]3(C)[C@H](CC[C@@H]4[C@@]5(C)CC[C@H](OC(=O)CC(C)(C)C(=O)O)C(C)(C)C5CC[C@]43C)C1=C(C(C)C)C(=O)C2. The molecule has 1 aromatic carbocycles. The number of hydrogen-bond acceptors (Lipinski definition) is 7. The maximum Gasteiger partial charge on any atom is 0.309 e. The molecule has 5 aliphatic rings. The van der Waals surface area contributed by atoms with Crippen LogP contribution in [0.4, 0.5) is 0 Å². The summed E-state index contributed by atoms with van der Waals surface area (Å²) in [7, 11) is 0. The van der Waals surface area contributed by atoms with Crippen molar-refractivity contribution in [2.75, 3.05) is 6.54 Å². The van der Waals surface area contributed by atoms with Gasteiger partial charge in [0.05, 0.1) is 11.8 Å². The van der Waals surface area contributed by atoms with Gasteiger partial charge >= 0.3 is 17.9 Å². The molecule has 5 aliphatic carbocycles. The fourth-order valence-corrected chi connectivity index (χ4v) is 13.4. The topological polar surface area (TPSA) is 119 Å². The molecule has 4 fully saturated rings. The minimum Gasteiger partial charge on any atom is -0.481 e. The number of benzene rings is 1. The van der Waals surface area contributed by atoms with E-state index >= 15 is 0 Å². The second-order valence-electron chi connectivity index (χ2n) is 20.3. The van der Waals surface area contributed by atoms with Gasteiger partial charge in [0.1, 0.15) is 12.2 Å². The van der Waals surface area contributed by atoms with Gasteiger partial charge in [-0.3, -0.25) is 19.2 Å². The standard InChI is InChI=1S/C46H67NO7/c1-28(2)38-32(49)24-46(36(53-29(3)48)27-47-26-30-14-12-11-13-15-30)23-22-44(9)31(39(38)46)16-17-34-43(8)20-19-35(54-37(50)25-41(4,5)40(51)52)42(6,7)33(43)18-21-45(34,44)10/h11-15,28,31,33-36,47H,16-27H2,1-10H3,(H,51,52)/t31-,33?,34-,35+,36-,43+,44-,45-,46?/m1/s1. The Kier molecular flexibility index (Phi) is 10.7. The lowest BCUT2D eigenvalue weighted by molar-refractivity contribution is -0.235. The van der Waals surface area contributed by atoms with Gasteiger partial charge in [0.15, 0.2) is 5.78 Å². The van der Waals surface area contributed by atoms with Gasteiger partial charge in [-0.2, -0.15) is 0 Å². The largest absolute Gasteiger partial charge is 0.481 e. The predicted octanol–water partition coefficient (Wildman–Crippen LogP) is 9.10. The number of carbonyl (C=O) groups excluding carboxylic acids is 3. The average molecular weight is 746 g/mol. The molecule has 298 valence electrons. The Bertz CT molecular complexity index is 1680. The first-order chi connectivity index (χ1) is 25.1. The van der Waals surface area contributed by atoms with Crippen molar-refractivity contribution in [2.45, 2.75) is 152 Å². The molecular weight excluding hydrogens is 679 g/mol. The molecule has 0 saturated heterocycles. The number of ether oxygens (including phenoxy) is 2. The van der Waals surface area contributed by atoms with Gasteiger partial charge in [-0.05, 0) is 122 Å². The Labute approximate surface area is 324 Å². The van der Waals surface area contributed by atoms with E-state index in [2.05, 4.69) is 65.9 Å². The van der Waals surface area contributed by atoms with E-state index < -0.39 is 28.9 Å². The lowest BCUT2D eigenvalue weighted by atomic mass is 9.33. The highest BCUT2D eigenvalue weighted by Gasteiger charge is 2.71. The van der Waals surface area contributed by atoms with Crippen molar-refractivity contribution in [3.8, 4) is 0 Å². The van der Waals surface area contributed by atoms with E-state index in [-0.39, 0.29) is 57.8 Å². The fourth-order valence-electron chi connectivity index (χ4n) is 13.4. The summed E-state index contributed by atoms with van der Waals surface area (Å²) in [5, 5.41) is 13.2. The van der Waals surface area contributed by atoms with Crippen LogP contribution in [0.25, 0.3) is 0 Å². The number of carboxylic acid groups (broad SMARTS) is 1. The van der Waals surface area contributed by atoms with Crippen LogP contribution in [0, 0.1) is 56.2 Å². The van der Waals surface area contributed by atoms with Crippen molar-refractivity contribution >= 4 is 23.7 Å². The summed E-state index contributed by atoms with van der Waals surface area (Å²) >= 11 is 0. The average Bonchev–Trinajstić information content (AvgIpc) is 3.39. The Morgan fingerprint density at radius 2 is 1.59 bits per heavy atom. The summed E-state index contributed by atoms with van der Waals surface area (Å²) in [6.07, 6.45) is 7.29. The first-order valence-corrected chi connectivity index (χ1v) is 20.8. The highest BCUT2D eigenvalue weighted by Crippen LogP contribution is 2.77. The highest BCUT2D eigenvalue weighted by molar-refractivity contribution is 6.01. The fraction of sp³-hybridized carbons (Fsp3) is 0.739. The van der Waals surface area contributed by atoms with Crippen molar-refractivity contribution in [3.05, 3.63) is 47.0 Å². The van der Waals surface area contributed by atoms with E-state index in [4.69, 9.17) is 9.47 Å². The number of ketones is 1. The third kappa shape index (κ3) is 6.48. The zero-order valence-electron chi connectivity index (χ0n) is 34.7. The Morgan fingerprint density at radius 3 is 2.22 bits per heavy atom. The lowest BCUT2D eigenvalue weighted by Crippen LogP contribution is -2.66. The third-order valence-electron chi connectivity index (χ3n) is 16.3. The van der Waals surface area contributed by atoms with E-state index in [0.29, 0.717) is 31.3 Å². The molecule has 1 aromatic rings. The number of esters is 2. The number of aliphatic carboxylic acids is 1. The van der Waals surface area contributed by atoms with E-state index in [1.54, 1.807) is 13.8 Å². The molecule has 6 rings (SSSR count). The maximum atomic E-state index is 14.3. The number of nitrogens with one attached hydrogen (secondary N) is 1. The van der Waals surface area contributed by atoms with Crippen LogP contribution in [0.5, 0.6) is 0 Å². The molecule has 8 heteroatoms. The van der Waals surface area contributed by atoms with Gasteiger partial charge in [0.2, 0.25) is 0 Å². The summed E-state index contributed by atoms with van der Waals surface area (Å²) in [5.41, 5.74) is 1.55. The number of Topliss-reactive ketones (excluding diaryl/α,β-unsaturated/α-hetero) is 1. The molecule has 2 unspecified atom stereocenters. The first kappa shape index (κ1) is 40.7. The second-order valence-corrected chi connectivity index (χ2v) is 20.3. The molecule has 8 nitrogen and oxygen atoms in total. The first-order valence-electron chi connectivity index (χ1n) is 20.8. The van der Waals surface area contributed by atoms with Crippen LogP contribution in [0.1, 0.15) is 139 Å². The zero-order chi connectivity index (χ0) is 39.6. The number of carboxylic acids is 1. The normalized spacial score (nSPS) is 36.4. The number of carbonyl (C=O) groups is 4. The van der Waals surface area contributed by atoms with Gasteiger partial charge in [0.25, 0.3) is 0 Å². The molecule has 9 atom stereocenters. The molecule has 54 heavy (non-hydrogen) atoms. The molecule has 0 aromatic heterocycles. The smallest absolute Gasteiger partial charge is 0.309 e. The van der Waals surface area contributed by atoms with Gasteiger partial charge in [0, 0.05) is 37.3 Å². The van der Waals surface area contributed by atoms with E-state index in [0.717, 1.165) is 56.9 Å². The van der Waals surface area contributed by atoms with Crippen LogP contribution in [-0.4, -0.2) is 47.6 Å². The summed E-state index contributed by atoms with van der Waals surface area (Å²) in [4.78, 5) is 51.9. The van der Waals surface area contributed by atoms with Crippen LogP contribution < -0.4 is 5.32 Å². The van der Waals surface area contributed by atoms with Crippen molar-refractivity contribution in [1.29, 1.82) is 0 Å². The third-order valence-corrected chi connectivity index (χ3v) is 16.3. The molecular formula is C46H67NO7. The number of hydrogen-bond donors (Lipinski definition) is 2. The van der Waals surface area contributed by atoms with Crippen molar-refractivity contribution in [3.63, 3.8) is 0 Å². The Balaban J connectivity index is 1.30. The van der Waals surface area contributed by atoms with E-state index in [1.807, 2.05) is 18.2 Å². The van der Waals surface area contributed by atoms with Crippen molar-refractivity contribution < 1.29 is 33.8 Å². The van der Waals surface area contributed by atoms with Crippen molar-refractivity contribution in [1.82, 2.24) is 5.32 Å². The van der Waals surface area contributed by atoms with Crippen molar-refractivity contribution in [2.24, 2.45) is 56.2 Å². The predicted molar refractivity (Wildman–Crippen MR) is 209 cm³/mol. The monoisotopic (exact) mass is 745 g/mol. The quantitative estimate of drug-likeness (QED) is 0.216. The van der Waals surface area contributed by atoms with Gasteiger partial charge in [-0.25, -0.2) is 0 Å². The van der Waals surface area contributed by atoms with Crippen LogP contribution >= 0.6 is 0 Å². The number of rotatable bonds is 11. The number of fused-ring (bicyclic) bond motifs is 7. The van der Waals surface area contributed by atoms with Crippen LogP contribution in [0.15, 0.2) is 41.5 Å². The molecule has 4 saturated carbocycles. The van der Waals surface area contributed by atoms with E-state index in [9.17, 15) is 24.3 Å². The Morgan fingerprint density at radius 1 is 0.907 bits per heavy atom. The molecule has 0 amide bonds. The van der Waals surface area contributed by atoms with Crippen LogP contribution in [0.3, 0.4) is 0 Å². The molecule has 2 N–H and O–H groups in total.